The molecule has 1 N–H and O–H groups in total. The molecule has 0 radical (unpaired) electrons. The molecule has 0 amide bonds. The van der Waals surface area contributed by atoms with Gasteiger partial charge in [0.15, 0.2) is 0 Å². The van der Waals surface area contributed by atoms with Gasteiger partial charge >= 0.3 is 0 Å². The summed E-state index contributed by atoms with van der Waals surface area (Å²) in [5.74, 6) is 0. The molecule has 2 rings (SSSR count). The fourth-order valence-corrected chi connectivity index (χ4v) is 3.08. The van der Waals surface area contributed by atoms with Crippen LogP contribution in [0.5, 0.6) is 0 Å². The summed E-state index contributed by atoms with van der Waals surface area (Å²) in [5, 5.41) is 4.49. The van der Waals surface area contributed by atoms with E-state index in [1.807, 2.05) is 18.5 Å². The van der Waals surface area contributed by atoms with E-state index in [1.54, 1.807) is 11.3 Å². The lowest BCUT2D eigenvalue weighted by atomic mass is 10.2. The van der Waals surface area contributed by atoms with Crippen molar-refractivity contribution in [3.05, 3.63) is 34.6 Å². The van der Waals surface area contributed by atoms with Gasteiger partial charge in [0.1, 0.15) is 5.01 Å². The van der Waals surface area contributed by atoms with Crippen molar-refractivity contribution in [1.29, 1.82) is 0 Å². The van der Waals surface area contributed by atoms with Crippen LogP contribution in [0.2, 0.25) is 0 Å². The van der Waals surface area contributed by atoms with Crippen molar-refractivity contribution in [1.82, 2.24) is 15.3 Å². The molecule has 0 spiro atoms. The van der Waals surface area contributed by atoms with E-state index in [4.69, 9.17) is 4.98 Å². The first kappa shape index (κ1) is 13.2. The molecular formula is C14H19N3S. The number of aromatic nitrogens is 2. The van der Waals surface area contributed by atoms with Crippen LogP contribution in [0.1, 0.15) is 30.0 Å². The van der Waals surface area contributed by atoms with Crippen LogP contribution in [-0.4, -0.2) is 16.5 Å². The Morgan fingerprint density at radius 3 is 2.83 bits per heavy atom. The fraction of sp³-hybridized carbons (Fsp3) is 0.429. The van der Waals surface area contributed by atoms with Gasteiger partial charge in [0.25, 0.3) is 0 Å². The fourth-order valence-electron chi connectivity index (χ4n) is 1.86. The van der Waals surface area contributed by atoms with Gasteiger partial charge in [-0.1, -0.05) is 13.8 Å². The zero-order valence-corrected chi connectivity index (χ0v) is 12.0. The molecule has 96 valence electrons. The molecule has 0 aromatic carbocycles. The highest BCUT2D eigenvalue weighted by molar-refractivity contribution is 7.15. The van der Waals surface area contributed by atoms with Crippen molar-refractivity contribution in [2.75, 3.05) is 6.54 Å². The molecule has 2 heterocycles. The van der Waals surface area contributed by atoms with E-state index in [0.29, 0.717) is 0 Å². The maximum atomic E-state index is 4.76. The van der Waals surface area contributed by atoms with Crippen LogP contribution in [0.25, 0.3) is 10.6 Å². The van der Waals surface area contributed by atoms with Gasteiger partial charge in [0, 0.05) is 29.4 Å². The lowest BCUT2D eigenvalue weighted by Gasteiger charge is -1.99. The number of pyridine rings is 1. The Hall–Kier alpha value is -1.26. The highest BCUT2D eigenvalue weighted by atomic mass is 32.1. The Morgan fingerprint density at radius 1 is 1.33 bits per heavy atom. The van der Waals surface area contributed by atoms with E-state index in [2.05, 4.69) is 31.1 Å². The molecule has 0 saturated heterocycles. The lowest BCUT2D eigenvalue weighted by Crippen LogP contribution is -2.11. The highest BCUT2D eigenvalue weighted by Gasteiger charge is 2.12. The SMILES string of the molecule is CCNCc1sc(-c2ccncc2C)nc1CC. The molecule has 18 heavy (non-hydrogen) atoms. The van der Waals surface area contributed by atoms with Crippen LogP contribution in [0.15, 0.2) is 18.5 Å². The van der Waals surface area contributed by atoms with Crippen LogP contribution >= 0.6 is 11.3 Å². The standard InChI is InChI=1S/C14H19N3S/c1-4-12-13(9-15-5-2)18-14(17-12)11-6-7-16-8-10(11)3/h6-8,15H,4-5,9H2,1-3H3. The van der Waals surface area contributed by atoms with Crippen LogP contribution in [0.4, 0.5) is 0 Å². The molecule has 0 bridgehead atoms. The molecular weight excluding hydrogens is 242 g/mol. The highest BCUT2D eigenvalue weighted by Crippen LogP contribution is 2.30. The van der Waals surface area contributed by atoms with Crippen molar-refractivity contribution in [3.63, 3.8) is 0 Å². The lowest BCUT2D eigenvalue weighted by molar-refractivity contribution is 0.727. The van der Waals surface area contributed by atoms with Crippen molar-refractivity contribution >= 4 is 11.3 Å². The molecule has 0 saturated carbocycles. The number of hydrogen-bond donors (Lipinski definition) is 1. The Morgan fingerprint density at radius 2 is 2.17 bits per heavy atom. The van der Waals surface area contributed by atoms with Crippen LogP contribution in [0.3, 0.4) is 0 Å². The van der Waals surface area contributed by atoms with Crippen LogP contribution < -0.4 is 5.32 Å². The third kappa shape index (κ3) is 2.76. The van der Waals surface area contributed by atoms with Gasteiger partial charge in [0.05, 0.1) is 5.69 Å². The van der Waals surface area contributed by atoms with Gasteiger partial charge in [-0.15, -0.1) is 11.3 Å². The van der Waals surface area contributed by atoms with Crippen LogP contribution in [-0.2, 0) is 13.0 Å². The summed E-state index contributed by atoms with van der Waals surface area (Å²) in [7, 11) is 0. The van der Waals surface area contributed by atoms with E-state index in [9.17, 15) is 0 Å². The second-order valence-corrected chi connectivity index (χ2v) is 5.30. The Labute approximate surface area is 112 Å². The van der Waals surface area contributed by atoms with Gasteiger partial charge in [0.2, 0.25) is 0 Å². The number of hydrogen-bond acceptors (Lipinski definition) is 4. The minimum Gasteiger partial charge on any atom is -0.312 e. The zero-order chi connectivity index (χ0) is 13.0. The Bertz CT molecular complexity index is 520. The van der Waals surface area contributed by atoms with Crippen LogP contribution in [0, 0.1) is 6.92 Å². The summed E-state index contributed by atoms with van der Waals surface area (Å²) >= 11 is 1.79. The molecule has 0 aliphatic carbocycles. The molecule has 0 aliphatic heterocycles. The molecule has 0 atom stereocenters. The summed E-state index contributed by atoms with van der Waals surface area (Å²) in [5.41, 5.74) is 3.60. The largest absolute Gasteiger partial charge is 0.312 e. The zero-order valence-electron chi connectivity index (χ0n) is 11.2. The predicted molar refractivity (Wildman–Crippen MR) is 76.8 cm³/mol. The summed E-state index contributed by atoms with van der Waals surface area (Å²) in [6.45, 7) is 8.28. The van der Waals surface area contributed by atoms with Gasteiger partial charge in [-0.05, 0) is 31.5 Å². The summed E-state index contributed by atoms with van der Waals surface area (Å²) < 4.78 is 0. The molecule has 0 unspecified atom stereocenters. The van der Waals surface area contributed by atoms with Crippen molar-refractivity contribution < 1.29 is 0 Å². The Balaban J connectivity index is 2.35. The van der Waals surface area contributed by atoms with E-state index in [0.717, 1.165) is 24.5 Å². The summed E-state index contributed by atoms with van der Waals surface area (Å²) in [6.07, 6.45) is 4.72. The average molecular weight is 261 g/mol. The number of nitrogens with zero attached hydrogens (tertiary/aromatic N) is 2. The van der Waals surface area contributed by atoms with E-state index in [1.165, 1.54) is 21.7 Å². The van der Waals surface area contributed by atoms with Gasteiger partial charge in [-0.25, -0.2) is 4.98 Å². The first-order valence-corrected chi connectivity index (χ1v) is 7.18. The third-order valence-corrected chi connectivity index (χ3v) is 4.03. The van der Waals surface area contributed by atoms with Crippen molar-refractivity contribution in [2.45, 2.75) is 33.7 Å². The first-order chi connectivity index (χ1) is 8.76. The first-order valence-electron chi connectivity index (χ1n) is 6.36. The van der Waals surface area contributed by atoms with Crippen molar-refractivity contribution in [3.8, 4) is 10.6 Å². The van der Waals surface area contributed by atoms with Gasteiger partial charge in [-0.3, -0.25) is 4.98 Å². The molecule has 3 nitrogen and oxygen atoms in total. The van der Waals surface area contributed by atoms with Crippen molar-refractivity contribution in [2.24, 2.45) is 0 Å². The maximum absolute atomic E-state index is 4.76. The minimum absolute atomic E-state index is 0.918. The maximum Gasteiger partial charge on any atom is 0.124 e. The Kier molecular flexibility index (Phi) is 4.44. The molecule has 4 heteroatoms. The summed E-state index contributed by atoms with van der Waals surface area (Å²) in [4.78, 5) is 10.2. The quantitative estimate of drug-likeness (QED) is 0.898. The predicted octanol–water partition coefficient (Wildman–Crippen LogP) is 3.19. The monoisotopic (exact) mass is 261 g/mol. The number of thiazole rings is 1. The number of nitrogens with one attached hydrogen (secondary N) is 1. The smallest absolute Gasteiger partial charge is 0.124 e. The average Bonchev–Trinajstić information content (AvgIpc) is 2.80. The second-order valence-electron chi connectivity index (χ2n) is 4.21. The summed E-state index contributed by atoms with van der Waals surface area (Å²) in [6, 6.07) is 2.05. The molecule has 2 aromatic rings. The van der Waals surface area contributed by atoms with E-state index < -0.39 is 0 Å². The van der Waals surface area contributed by atoms with Gasteiger partial charge < -0.3 is 5.32 Å². The minimum atomic E-state index is 0.918. The van der Waals surface area contributed by atoms with Gasteiger partial charge in [-0.2, -0.15) is 0 Å². The number of aryl methyl sites for hydroxylation is 2. The molecule has 2 aromatic heterocycles. The molecule has 0 fully saturated rings. The topological polar surface area (TPSA) is 37.8 Å². The normalized spacial score (nSPS) is 10.8. The van der Waals surface area contributed by atoms with E-state index in [-0.39, 0.29) is 0 Å². The molecule has 0 aliphatic rings. The van der Waals surface area contributed by atoms with E-state index >= 15 is 0 Å². The second kappa shape index (κ2) is 6.07. The number of rotatable bonds is 5. The third-order valence-electron chi connectivity index (χ3n) is 2.90.